The molecule has 5 heteroatoms. The van der Waals surface area contributed by atoms with E-state index in [1.807, 2.05) is 0 Å². The summed E-state index contributed by atoms with van der Waals surface area (Å²) in [4.78, 5) is 21.4. The summed E-state index contributed by atoms with van der Waals surface area (Å²) in [5.74, 6) is 0. The highest BCUT2D eigenvalue weighted by Gasteiger charge is 2.23. The lowest BCUT2D eigenvalue weighted by atomic mass is 9.95. The van der Waals surface area contributed by atoms with Crippen molar-refractivity contribution in [3.05, 3.63) is 34.9 Å². The second-order valence-corrected chi connectivity index (χ2v) is 3.10. The van der Waals surface area contributed by atoms with E-state index in [1.54, 1.807) is 0 Å². The quantitative estimate of drug-likeness (QED) is 0.558. The van der Waals surface area contributed by atoms with E-state index in [0.717, 1.165) is 0 Å². The van der Waals surface area contributed by atoms with Crippen molar-refractivity contribution in [3.63, 3.8) is 0 Å². The third kappa shape index (κ3) is 2.14. The Hall–Kier alpha value is -2.03. The summed E-state index contributed by atoms with van der Waals surface area (Å²) in [5, 5.41) is 27.3. The summed E-state index contributed by atoms with van der Waals surface area (Å²) in [6.07, 6.45) is -2.35. The van der Waals surface area contributed by atoms with Crippen LogP contribution in [0.5, 0.6) is 0 Å². The molecule has 0 aromatic heterocycles. The standard InChI is InChI=1S/C11H9NO4/c12-4-9(15)11(16)10-7(5-13)2-1-3-8(10)6-14/h1-3,5-6,9,11,15-16H. The molecule has 5 nitrogen and oxygen atoms in total. The fourth-order valence-electron chi connectivity index (χ4n) is 1.38. The van der Waals surface area contributed by atoms with Gasteiger partial charge in [0.25, 0.3) is 0 Å². The average Bonchev–Trinajstić information content (AvgIpc) is 2.35. The van der Waals surface area contributed by atoms with Crippen molar-refractivity contribution < 1.29 is 19.8 Å². The number of aliphatic hydroxyl groups is 2. The number of aliphatic hydroxyl groups excluding tert-OH is 2. The largest absolute Gasteiger partial charge is 0.384 e. The van der Waals surface area contributed by atoms with Gasteiger partial charge in [-0.2, -0.15) is 5.26 Å². The predicted molar refractivity (Wildman–Crippen MR) is 53.8 cm³/mol. The molecule has 1 aromatic carbocycles. The maximum Gasteiger partial charge on any atom is 0.170 e. The SMILES string of the molecule is N#CC(O)C(O)c1c(C=O)cccc1C=O. The zero-order valence-electron chi connectivity index (χ0n) is 8.20. The second kappa shape index (κ2) is 5.16. The molecule has 0 heterocycles. The van der Waals surface area contributed by atoms with Crippen LogP contribution in [0.2, 0.25) is 0 Å². The average molecular weight is 219 g/mol. The van der Waals surface area contributed by atoms with Gasteiger partial charge in [0.1, 0.15) is 18.7 Å². The van der Waals surface area contributed by atoms with Crippen LogP contribution in [0.4, 0.5) is 0 Å². The minimum Gasteiger partial charge on any atom is -0.384 e. The fraction of sp³-hybridized carbons (Fsp3) is 0.182. The van der Waals surface area contributed by atoms with E-state index in [0.29, 0.717) is 12.6 Å². The normalized spacial score (nSPS) is 13.6. The summed E-state index contributed by atoms with van der Waals surface area (Å²) < 4.78 is 0. The molecule has 0 spiro atoms. The monoisotopic (exact) mass is 219 g/mol. The van der Waals surface area contributed by atoms with E-state index >= 15 is 0 Å². The van der Waals surface area contributed by atoms with E-state index in [9.17, 15) is 19.8 Å². The predicted octanol–water partition coefficient (Wildman–Crippen LogP) is 0.229. The van der Waals surface area contributed by atoms with Crippen molar-refractivity contribution in [2.75, 3.05) is 0 Å². The number of hydrogen-bond acceptors (Lipinski definition) is 5. The Bertz CT molecular complexity index is 424. The van der Waals surface area contributed by atoms with Crippen molar-refractivity contribution in [3.8, 4) is 6.07 Å². The molecule has 2 unspecified atom stereocenters. The summed E-state index contributed by atoms with van der Waals surface area (Å²) in [6, 6.07) is 5.70. The van der Waals surface area contributed by atoms with Gasteiger partial charge >= 0.3 is 0 Å². The number of rotatable bonds is 4. The summed E-state index contributed by atoms with van der Waals surface area (Å²) in [7, 11) is 0. The first kappa shape index (κ1) is 12.0. The van der Waals surface area contributed by atoms with Crippen LogP contribution in [0.15, 0.2) is 18.2 Å². The van der Waals surface area contributed by atoms with Crippen LogP contribution in [0, 0.1) is 11.3 Å². The van der Waals surface area contributed by atoms with Crippen molar-refractivity contribution >= 4 is 12.6 Å². The molecule has 82 valence electrons. The Morgan fingerprint density at radius 3 is 2.06 bits per heavy atom. The Labute approximate surface area is 91.6 Å². The van der Waals surface area contributed by atoms with Crippen LogP contribution >= 0.6 is 0 Å². The maximum atomic E-state index is 10.7. The number of benzene rings is 1. The van der Waals surface area contributed by atoms with Crippen molar-refractivity contribution in [2.24, 2.45) is 0 Å². The van der Waals surface area contributed by atoms with E-state index in [-0.39, 0.29) is 16.7 Å². The molecule has 0 aliphatic heterocycles. The molecule has 1 aromatic rings. The molecule has 0 amide bonds. The van der Waals surface area contributed by atoms with E-state index < -0.39 is 12.2 Å². The Morgan fingerprint density at radius 1 is 1.19 bits per heavy atom. The lowest BCUT2D eigenvalue weighted by Crippen LogP contribution is -2.19. The number of nitriles is 1. The van der Waals surface area contributed by atoms with E-state index in [2.05, 4.69) is 0 Å². The molecule has 0 aliphatic rings. The zero-order valence-corrected chi connectivity index (χ0v) is 8.20. The van der Waals surface area contributed by atoms with Gasteiger partial charge in [-0.05, 0) is 0 Å². The van der Waals surface area contributed by atoms with Gasteiger partial charge in [-0.3, -0.25) is 9.59 Å². The number of aldehydes is 2. The molecule has 0 fully saturated rings. The highest BCUT2D eigenvalue weighted by Crippen LogP contribution is 2.23. The summed E-state index contributed by atoms with van der Waals surface area (Å²) >= 11 is 0. The highest BCUT2D eigenvalue weighted by molar-refractivity contribution is 5.86. The molecule has 2 N–H and O–H groups in total. The number of carbonyl (C=O) groups is 2. The Morgan fingerprint density at radius 2 is 1.69 bits per heavy atom. The number of hydrogen-bond donors (Lipinski definition) is 2. The minimum atomic E-state index is -1.68. The molecule has 0 bridgehead atoms. The molecule has 16 heavy (non-hydrogen) atoms. The van der Waals surface area contributed by atoms with Gasteiger partial charge in [-0.25, -0.2) is 0 Å². The smallest absolute Gasteiger partial charge is 0.170 e. The maximum absolute atomic E-state index is 10.7. The molecule has 0 saturated carbocycles. The van der Waals surface area contributed by atoms with Crippen molar-refractivity contribution in [1.82, 2.24) is 0 Å². The van der Waals surface area contributed by atoms with Crippen LogP contribution in [0.1, 0.15) is 32.4 Å². The molecule has 0 saturated heterocycles. The Kier molecular flexibility index (Phi) is 3.89. The van der Waals surface area contributed by atoms with E-state index in [4.69, 9.17) is 5.26 Å². The van der Waals surface area contributed by atoms with E-state index in [1.165, 1.54) is 24.3 Å². The lowest BCUT2D eigenvalue weighted by Gasteiger charge is -2.15. The van der Waals surface area contributed by atoms with Crippen molar-refractivity contribution in [1.29, 1.82) is 5.26 Å². The van der Waals surface area contributed by atoms with Gasteiger partial charge in [0, 0.05) is 16.7 Å². The molecule has 0 radical (unpaired) electrons. The first-order chi connectivity index (χ1) is 7.65. The number of carbonyl (C=O) groups excluding carboxylic acids is 2. The lowest BCUT2D eigenvalue weighted by molar-refractivity contribution is 0.0516. The van der Waals surface area contributed by atoms with Gasteiger partial charge in [0.2, 0.25) is 0 Å². The van der Waals surface area contributed by atoms with Crippen LogP contribution in [0.25, 0.3) is 0 Å². The zero-order chi connectivity index (χ0) is 12.1. The van der Waals surface area contributed by atoms with Crippen LogP contribution in [-0.4, -0.2) is 28.9 Å². The van der Waals surface area contributed by atoms with Crippen LogP contribution in [0.3, 0.4) is 0 Å². The molecule has 1 rings (SSSR count). The van der Waals surface area contributed by atoms with Gasteiger partial charge in [0.15, 0.2) is 6.10 Å². The van der Waals surface area contributed by atoms with Gasteiger partial charge < -0.3 is 10.2 Å². The van der Waals surface area contributed by atoms with Gasteiger partial charge in [0.05, 0.1) is 6.07 Å². The summed E-state index contributed by atoms with van der Waals surface area (Å²) in [5.41, 5.74) is 0.124. The van der Waals surface area contributed by atoms with Gasteiger partial charge in [-0.15, -0.1) is 0 Å². The molecule has 2 atom stereocenters. The first-order valence-electron chi connectivity index (χ1n) is 4.44. The van der Waals surface area contributed by atoms with Crippen LogP contribution in [-0.2, 0) is 0 Å². The number of nitrogens with zero attached hydrogens (tertiary/aromatic N) is 1. The van der Waals surface area contributed by atoms with Gasteiger partial charge in [-0.1, -0.05) is 18.2 Å². The van der Waals surface area contributed by atoms with Crippen LogP contribution < -0.4 is 0 Å². The third-order valence-corrected chi connectivity index (χ3v) is 2.15. The highest BCUT2D eigenvalue weighted by atomic mass is 16.3. The van der Waals surface area contributed by atoms with Crippen molar-refractivity contribution in [2.45, 2.75) is 12.2 Å². The molecular formula is C11H9NO4. The Balaban J connectivity index is 3.34. The fourth-order valence-corrected chi connectivity index (χ4v) is 1.38. The summed E-state index contributed by atoms with van der Waals surface area (Å²) in [6.45, 7) is 0. The topological polar surface area (TPSA) is 98.4 Å². The molecule has 0 aliphatic carbocycles. The minimum absolute atomic E-state index is 0.0263. The molecular weight excluding hydrogens is 210 g/mol. The first-order valence-corrected chi connectivity index (χ1v) is 4.44. The third-order valence-electron chi connectivity index (χ3n) is 2.15. The second-order valence-electron chi connectivity index (χ2n) is 3.10.